The van der Waals surface area contributed by atoms with Gasteiger partial charge in [0.2, 0.25) is 0 Å². The highest BCUT2D eigenvalue weighted by Crippen LogP contribution is 2.43. The summed E-state index contributed by atoms with van der Waals surface area (Å²) >= 11 is 1.43. The third-order valence-electron chi connectivity index (χ3n) is 4.53. The molecule has 0 fully saturated rings. The predicted octanol–water partition coefficient (Wildman–Crippen LogP) is 1.94. The molecule has 1 heterocycles. The zero-order valence-electron chi connectivity index (χ0n) is 14.3. The van der Waals surface area contributed by atoms with E-state index in [1.54, 1.807) is 24.3 Å². The number of fused-ring (bicyclic) bond motifs is 3. The average molecular weight is 379 g/mol. The Balaban J connectivity index is 1.92. The van der Waals surface area contributed by atoms with E-state index < -0.39 is 0 Å². The maximum Gasteiger partial charge on any atom is 0.196 e. The van der Waals surface area contributed by atoms with Crippen LogP contribution < -0.4 is 22.5 Å². The SMILES string of the molecule is NC(N)=NCCNc1c2c(c(N)c3sccc13)C(=O)c1ccccc1C2=O. The van der Waals surface area contributed by atoms with Gasteiger partial charge in [-0.15, -0.1) is 11.3 Å². The molecule has 27 heavy (non-hydrogen) atoms. The molecule has 0 amide bonds. The molecule has 0 radical (unpaired) electrons. The number of nitrogens with two attached hydrogens (primary N) is 3. The Kier molecular flexibility index (Phi) is 4.04. The number of carbonyl (C=O) groups is 2. The van der Waals surface area contributed by atoms with Gasteiger partial charge in [-0.1, -0.05) is 24.3 Å². The van der Waals surface area contributed by atoms with Crippen LogP contribution in [-0.2, 0) is 0 Å². The molecule has 1 aromatic heterocycles. The van der Waals surface area contributed by atoms with E-state index >= 15 is 0 Å². The minimum Gasteiger partial charge on any atom is -0.397 e. The van der Waals surface area contributed by atoms with E-state index in [2.05, 4.69) is 10.3 Å². The van der Waals surface area contributed by atoms with Gasteiger partial charge in [-0.05, 0) is 11.4 Å². The van der Waals surface area contributed by atoms with Gasteiger partial charge >= 0.3 is 0 Å². The first-order valence-electron chi connectivity index (χ1n) is 8.31. The number of benzene rings is 2. The topological polar surface area (TPSA) is 137 Å². The molecule has 0 spiro atoms. The van der Waals surface area contributed by atoms with Crippen LogP contribution in [0.25, 0.3) is 10.1 Å². The first kappa shape index (κ1) is 17.0. The molecule has 3 aromatic rings. The lowest BCUT2D eigenvalue weighted by Gasteiger charge is -2.23. The molecule has 8 heteroatoms. The second-order valence-electron chi connectivity index (χ2n) is 6.14. The summed E-state index contributed by atoms with van der Waals surface area (Å²) < 4.78 is 0.777. The third kappa shape index (κ3) is 2.61. The van der Waals surface area contributed by atoms with Crippen LogP contribution in [0.2, 0.25) is 0 Å². The molecule has 7 N–H and O–H groups in total. The van der Waals surface area contributed by atoms with Gasteiger partial charge in [0.15, 0.2) is 17.5 Å². The third-order valence-corrected chi connectivity index (χ3v) is 5.47. The molecule has 0 aliphatic heterocycles. The number of nitrogen functional groups attached to an aromatic ring is 1. The summed E-state index contributed by atoms with van der Waals surface area (Å²) in [4.78, 5) is 30.3. The smallest absolute Gasteiger partial charge is 0.196 e. The maximum absolute atomic E-state index is 13.2. The number of nitrogens with one attached hydrogen (secondary N) is 1. The van der Waals surface area contributed by atoms with E-state index in [4.69, 9.17) is 17.2 Å². The molecule has 7 nitrogen and oxygen atoms in total. The molecule has 2 aromatic carbocycles. The molecule has 1 aliphatic rings. The fourth-order valence-corrected chi connectivity index (χ4v) is 4.25. The number of nitrogens with zero attached hydrogens (tertiary/aromatic N) is 1. The molecule has 136 valence electrons. The minimum absolute atomic E-state index is 0.00278. The summed E-state index contributed by atoms with van der Waals surface area (Å²) in [6, 6.07) is 8.69. The number of ketones is 2. The monoisotopic (exact) mass is 379 g/mol. The quantitative estimate of drug-likeness (QED) is 0.141. The Morgan fingerprint density at radius 3 is 2.37 bits per heavy atom. The number of hydrogen-bond donors (Lipinski definition) is 4. The van der Waals surface area contributed by atoms with Crippen molar-refractivity contribution in [2.75, 3.05) is 24.1 Å². The van der Waals surface area contributed by atoms with Crippen LogP contribution in [0.3, 0.4) is 0 Å². The largest absolute Gasteiger partial charge is 0.397 e. The van der Waals surface area contributed by atoms with Crippen molar-refractivity contribution in [3.05, 3.63) is 58.0 Å². The Morgan fingerprint density at radius 2 is 1.70 bits per heavy atom. The van der Waals surface area contributed by atoms with Gasteiger partial charge in [0.25, 0.3) is 0 Å². The number of hydrogen-bond acceptors (Lipinski definition) is 6. The van der Waals surface area contributed by atoms with Crippen molar-refractivity contribution < 1.29 is 9.59 Å². The van der Waals surface area contributed by atoms with Crippen LogP contribution in [0.4, 0.5) is 11.4 Å². The van der Waals surface area contributed by atoms with Crippen LogP contribution >= 0.6 is 11.3 Å². The first-order chi connectivity index (χ1) is 13.0. The highest BCUT2D eigenvalue weighted by Gasteiger charge is 2.35. The van der Waals surface area contributed by atoms with Crippen molar-refractivity contribution in [1.82, 2.24) is 0 Å². The standard InChI is InChI=1S/C19H17N5O2S/c20-14-12-13(17(26)10-4-2-1-3-9(10)16(12)25)15(11-5-8-27-18(11)14)23-6-7-24-19(21)22/h1-5,8,23H,6-7,20H2,(H4,21,22,24). The van der Waals surface area contributed by atoms with Gasteiger partial charge in [-0.3, -0.25) is 14.6 Å². The molecule has 0 unspecified atom stereocenters. The van der Waals surface area contributed by atoms with E-state index in [1.165, 1.54) is 11.3 Å². The Bertz CT molecular complexity index is 1130. The lowest BCUT2D eigenvalue weighted by Crippen LogP contribution is -2.25. The van der Waals surface area contributed by atoms with Crippen LogP contribution in [0.5, 0.6) is 0 Å². The number of thiophene rings is 1. The summed E-state index contributed by atoms with van der Waals surface area (Å²) in [7, 11) is 0. The number of anilines is 2. The summed E-state index contributed by atoms with van der Waals surface area (Å²) in [6.45, 7) is 0.744. The van der Waals surface area contributed by atoms with Gasteiger partial charge in [-0.25, -0.2) is 0 Å². The number of carbonyl (C=O) groups excluding carboxylic acids is 2. The molecular weight excluding hydrogens is 362 g/mol. The minimum atomic E-state index is -0.236. The average Bonchev–Trinajstić information content (AvgIpc) is 3.14. The molecule has 0 atom stereocenters. The Labute approximate surface area is 158 Å². The molecule has 0 saturated carbocycles. The van der Waals surface area contributed by atoms with Crippen LogP contribution in [0, 0.1) is 0 Å². The fraction of sp³-hybridized carbons (Fsp3) is 0.105. The van der Waals surface area contributed by atoms with E-state index in [1.807, 2.05) is 11.4 Å². The van der Waals surface area contributed by atoms with Crippen molar-refractivity contribution in [3.8, 4) is 0 Å². The van der Waals surface area contributed by atoms with Gasteiger partial charge in [0, 0.05) is 23.1 Å². The van der Waals surface area contributed by atoms with Crippen molar-refractivity contribution >= 4 is 50.3 Å². The van der Waals surface area contributed by atoms with E-state index in [9.17, 15) is 9.59 Å². The van der Waals surface area contributed by atoms with E-state index in [0.29, 0.717) is 41.2 Å². The summed E-state index contributed by atoms with van der Waals surface area (Å²) in [5.41, 5.74) is 19.3. The van der Waals surface area contributed by atoms with E-state index in [-0.39, 0.29) is 23.1 Å². The second-order valence-corrected chi connectivity index (χ2v) is 7.06. The Morgan fingerprint density at radius 1 is 1.04 bits per heavy atom. The first-order valence-corrected chi connectivity index (χ1v) is 9.19. The summed E-state index contributed by atoms with van der Waals surface area (Å²) in [5.74, 6) is -0.457. The highest BCUT2D eigenvalue weighted by atomic mass is 32.1. The van der Waals surface area contributed by atoms with Crippen molar-refractivity contribution in [3.63, 3.8) is 0 Å². The number of guanidine groups is 1. The van der Waals surface area contributed by atoms with Gasteiger partial charge < -0.3 is 22.5 Å². The molecule has 0 bridgehead atoms. The molecular formula is C19H17N5O2S. The Hall–Kier alpha value is -3.39. The second kappa shape index (κ2) is 6.40. The summed E-state index contributed by atoms with van der Waals surface area (Å²) in [5, 5.41) is 5.92. The van der Waals surface area contributed by atoms with Crippen LogP contribution in [0.15, 0.2) is 40.7 Å². The normalized spacial score (nSPS) is 12.6. The maximum atomic E-state index is 13.2. The predicted molar refractivity (Wildman–Crippen MR) is 109 cm³/mol. The number of rotatable bonds is 4. The number of aliphatic imine (C=N–C) groups is 1. The van der Waals surface area contributed by atoms with Gasteiger partial charge in [-0.2, -0.15) is 0 Å². The van der Waals surface area contributed by atoms with Crippen molar-refractivity contribution in [2.24, 2.45) is 16.5 Å². The van der Waals surface area contributed by atoms with Gasteiger partial charge in [0.05, 0.1) is 33.7 Å². The van der Waals surface area contributed by atoms with Crippen LogP contribution in [0.1, 0.15) is 31.8 Å². The van der Waals surface area contributed by atoms with Crippen molar-refractivity contribution in [2.45, 2.75) is 0 Å². The molecule has 0 saturated heterocycles. The molecule has 1 aliphatic carbocycles. The summed E-state index contributed by atoms with van der Waals surface area (Å²) in [6.07, 6.45) is 0. The van der Waals surface area contributed by atoms with Gasteiger partial charge in [0.1, 0.15) is 0 Å². The zero-order chi connectivity index (χ0) is 19.1. The van der Waals surface area contributed by atoms with Crippen LogP contribution in [-0.4, -0.2) is 30.6 Å². The molecule has 4 rings (SSSR count). The van der Waals surface area contributed by atoms with E-state index in [0.717, 1.165) is 10.1 Å². The van der Waals surface area contributed by atoms with Crippen molar-refractivity contribution in [1.29, 1.82) is 0 Å². The fourth-order valence-electron chi connectivity index (χ4n) is 3.38. The lowest BCUT2D eigenvalue weighted by atomic mass is 9.81. The lowest BCUT2D eigenvalue weighted by molar-refractivity contribution is 0.0980. The highest BCUT2D eigenvalue weighted by molar-refractivity contribution is 7.18. The zero-order valence-corrected chi connectivity index (χ0v) is 15.1.